The number of hydrogen-bond acceptors (Lipinski definition) is 4. The molecular formula is C29H29BrClFN2O4. The molecule has 0 spiro atoms. The molecule has 6 nitrogen and oxygen atoms in total. The molecule has 0 N–H and O–H groups in total. The molecule has 3 aromatic carbocycles. The third kappa shape index (κ3) is 7.26. The molecule has 3 aromatic rings. The van der Waals surface area contributed by atoms with Crippen LogP contribution in [-0.2, 0) is 29.1 Å². The van der Waals surface area contributed by atoms with E-state index >= 15 is 0 Å². The number of halogens is 3. The van der Waals surface area contributed by atoms with Crippen LogP contribution < -0.4 is 9.47 Å². The maximum Gasteiger partial charge on any atom is 0.312 e. The van der Waals surface area contributed by atoms with Gasteiger partial charge in [0.2, 0.25) is 0 Å². The lowest BCUT2D eigenvalue weighted by Gasteiger charge is -2.30. The van der Waals surface area contributed by atoms with Gasteiger partial charge >= 0.3 is 11.8 Å². The predicted molar refractivity (Wildman–Crippen MR) is 148 cm³/mol. The van der Waals surface area contributed by atoms with Gasteiger partial charge < -0.3 is 19.3 Å². The van der Waals surface area contributed by atoms with Gasteiger partial charge in [0, 0.05) is 41.7 Å². The van der Waals surface area contributed by atoms with E-state index in [2.05, 4.69) is 15.9 Å². The minimum absolute atomic E-state index is 0.0402. The molecule has 0 saturated heterocycles. The maximum absolute atomic E-state index is 13.8. The Morgan fingerprint density at radius 3 is 2.61 bits per heavy atom. The Morgan fingerprint density at radius 2 is 1.87 bits per heavy atom. The van der Waals surface area contributed by atoms with E-state index < -0.39 is 17.5 Å². The fourth-order valence-corrected chi connectivity index (χ4v) is 4.61. The fourth-order valence-electron chi connectivity index (χ4n) is 4.08. The zero-order chi connectivity index (χ0) is 27.4. The normalized spacial score (nSPS) is 13.1. The Bertz CT molecular complexity index is 1340. The highest BCUT2D eigenvalue weighted by Crippen LogP contribution is 2.31. The SMILES string of the molecule is CN(Cc1ccc(Br)cc1Oc1cccc(Cl)c1)C(=O)C(=O)N1CCc2cc(OCC(C)(C)F)ccc2C1. The molecule has 2 amide bonds. The molecule has 200 valence electrons. The van der Waals surface area contributed by atoms with Crippen molar-refractivity contribution >= 4 is 39.3 Å². The number of carbonyl (C=O) groups excluding carboxylic acids is 2. The average molecular weight is 604 g/mol. The van der Waals surface area contributed by atoms with E-state index in [1.807, 2.05) is 30.3 Å². The summed E-state index contributed by atoms with van der Waals surface area (Å²) in [4.78, 5) is 29.1. The first kappa shape index (κ1) is 27.9. The monoisotopic (exact) mass is 602 g/mol. The lowest BCUT2D eigenvalue weighted by atomic mass is 9.99. The molecule has 1 aliphatic rings. The highest BCUT2D eigenvalue weighted by molar-refractivity contribution is 9.10. The quantitative estimate of drug-likeness (QED) is 0.287. The summed E-state index contributed by atoms with van der Waals surface area (Å²) < 4.78 is 26.2. The molecular weight excluding hydrogens is 575 g/mol. The van der Waals surface area contributed by atoms with Gasteiger partial charge in [-0.15, -0.1) is 0 Å². The third-order valence-corrected chi connectivity index (χ3v) is 6.78. The van der Waals surface area contributed by atoms with Gasteiger partial charge in [0.25, 0.3) is 0 Å². The lowest BCUT2D eigenvalue weighted by Crippen LogP contribution is -2.45. The van der Waals surface area contributed by atoms with Crippen LogP contribution in [0.15, 0.2) is 65.1 Å². The summed E-state index contributed by atoms with van der Waals surface area (Å²) in [6.07, 6.45) is 0.582. The topological polar surface area (TPSA) is 59.1 Å². The Hall–Kier alpha value is -3.10. The van der Waals surface area contributed by atoms with Gasteiger partial charge in [0.15, 0.2) is 0 Å². The van der Waals surface area contributed by atoms with Crippen LogP contribution in [0.2, 0.25) is 5.02 Å². The smallest absolute Gasteiger partial charge is 0.312 e. The third-order valence-electron chi connectivity index (χ3n) is 6.05. The summed E-state index contributed by atoms with van der Waals surface area (Å²) in [5, 5.41) is 0.549. The van der Waals surface area contributed by atoms with Gasteiger partial charge in [0.05, 0.1) is 0 Å². The van der Waals surface area contributed by atoms with E-state index in [1.165, 1.54) is 18.7 Å². The van der Waals surface area contributed by atoms with Crippen LogP contribution >= 0.6 is 27.5 Å². The van der Waals surface area contributed by atoms with Crippen LogP contribution in [0.25, 0.3) is 0 Å². The minimum atomic E-state index is -1.43. The van der Waals surface area contributed by atoms with Gasteiger partial charge in [-0.1, -0.05) is 45.7 Å². The van der Waals surface area contributed by atoms with E-state index in [0.29, 0.717) is 41.8 Å². The van der Waals surface area contributed by atoms with Crippen molar-refractivity contribution in [2.24, 2.45) is 0 Å². The maximum atomic E-state index is 13.8. The largest absolute Gasteiger partial charge is 0.490 e. The Kier molecular flexibility index (Phi) is 8.63. The van der Waals surface area contributed by atoms with Crippen molar-refractivity contribution in [2.75, 3.05) is 20.2 Å². The molecule has 1 heterocycles. The molecule has 0 aromatic heterocycles. The minimum Gasteiger partial charge on any atom is -0.490 e. The highest BCUT2D eigenvalue weighted by Gasteiger charge is 2.29. The molecule has 0 unspecified atom stereocenters. The molecule has 0 bridgehead atoms. The summed E-state index contributed by atoms with van der Waals surface area (Å²) in [7, 11) is 1.60. The van der Waals surface area contributed by atoms with Gasteiger partial charge in [0.1, 0.15) is 29.5 Å². The number of amides is 2. The van der Waals surface area contributed by atoms with Gasteiger partial charge in [-0.3, -0.25) is 9.59 Å². The Labute approximate surface area is 235 Å². The Morgan fingerprint density at radius 1 is 1.08 bits per heavy atom. The first-order valence-corrected chi connectivity index (χ1v) is 13.4. The fraction of sp³-hybridized carbons (Fsp3) is 0.310. The van der Waals surface area contributed by atoms with Gasteiger partial charge in [-0.25, -0.2) is 4.39 Å². The molecule has 0 radical (unpaired) electrons. The molecule has 0 atom stereocenters. The zero-order valence-electron chi connectivity index (χ0n) is 21.5. The molecule has 0 saturated carbocycles. The lowest BCUT2D eigenvalue weighted by molar-refractivity contribution is -0.151. The van der Waals surface area contributed by atoms with E-state index in [4.69, 9.17) is 21.1 Å². The molecule has 9 heteroatoms. The van der Waals surface area contributed by atoms with Crippen LogP contribution in [-0.4, -0.2) is 47.5 Å². The summed E-state index contributed by atoms with van der Waals surface area (Å²) >= 11 is 9.54. The van der Waals surface area contributed by atoms with Crippen molar-refractivity contribution in [3.05, 3.63) is 86.8 Å². The number of likely N-dealkylation sites (N-methyl/N-ethyl adjacent to an activating group) is 1. The number of ether oxygens (including phenoxy) is 2. The number of nitrogens with zero attached hydrogens (tertiary/aromatic N) is 2. The molecule has 1 aliphatic heterocycles. The number of benzene rings is 3. The summed E-state index contributed by atoms with van der Waals surface area (Å²) in [6, 6.07) is 18.1. The second-order valence-electron chi connectivity index (χ2n) is 9.89. The predicted octanol–water partition coefficient (Wildman–Crippen LogP) is 6.57. The van der Waals surface area contributed by atoms with Crippen molar-refractivity contribution in [1.29, 1.82) is 0 Å². The van der Waals surface area contributed by atoms with Crippen molar-refractivity contribution < 1.29 is 23.5 Å². The van der Waals surface area contributed by atoms with Crippen molar-refractivity contribution in [3.8, 4) is 17.2 Å². The van der Waals surface area contributed by atoms with E-state index in [-0.39, 0.29) is 13.2 Å². The van der Waals surface area contributed by atoms with E-state index in [9.17, 15) is 14.0 Å². The van der Waals surface area contributed by atoms with Crippen LogP contribution in [0.5, 0.6) is 17.2 Å². The number of hydrogen-bond donors (Lipinski definition) is 0. The highest BCUT2D eigenvalue weighted by atomic mass is 79.9. The zero-order valence-corrected chi connectivity index (χ0v) is 23.8. The van der Waals surface area contributed by atoms with Gasteiger partial charge in [-0.2, -0.15) is 0 Å². The molecule has 0 aliphatic carbocycles. The number of carbonyl (C=O) groups is 2. The second-order valence-corrected chi connectivity index (χ2v) is 11.2. The van der Waals surface area contributed by atoms with Gasteiger partial charge in [-0.05, 0) is 73.9 Å². The number of fused-ring (bicyclic) bond motifs is 1. The van der Waals surface area contributed by atoms with Crippen LogP contribution in [0, 0.1) is 0 Å². The first-order chi connectivity index (χ1) is 18.0. The van der Waals surface area contributed by atoms with Crippen LogP contribution in [0.1, 0.15) is 30.5 Å². The van der Waals surface area contributed by atoms with E-state index in [0.717, 1.165) is 21.2 Å². The molecule has 38 heavy (non-hydrogen) atoms. The molecule has 4 rings (SSSR count). The van der Waals surface area contributed by atoms with E-state index in [1.54, 1.807) is 42.3 Å². The van der Waals surface area contributed by atoms with Crippen LogP contribution in [0.3, 0.4) is 0 Å². The van der Waals surface area contributed by atoms with Crippen LogP contribution in [0.4, 0.5) is 4.39 Å². The first-order valence-electron chi connectivity index (χ1n) is 12.2. The van der Waals surface area contributed by atoms with Crippen molar-refractivity contribution in [3.63, 3.8) is 0 Å². The Balaban J connectivity index is 1.41. The standard InChI is InChI=1S/C29H29BrClFN2O4/c1-29(2,32)18-37-24-10-8-20-17-34(12-11-19(20)13-24)28(36)27(35)33(3)16-21-7-9-22(30)14-26(21)38-25-6-4-5-23(31)15-25/h4-10,13-15H,11-12,16-18H2,1-3H3. The van der Waals surface area contributed by atoms with Crippen molar-refractivity contribution in [1.82, 2.24) is 9.80 Å². The molecule has 0 fully saturated rings. The summed E-state index contributed by atoms with van der Waals surface area (Å²) in [5.41, 5.74) is 1.28. The average Bonchev–Trinajstić information content (AvgIpc) is 2.87. The summed E-state index contributed by atoms with van der Waals surface area (Å²) in [6.45, 7) is 3.81. The number of alkyl halides is 1. The second kappa shape index (κ2) is 11.7. The number of rotatable bonds is 7. The summed E-state index contributed by atoms with van der Waals surface area (Å²) in [5.74, 6) is 0.545. The van der Waals surface area contributed by atoms with Crippen molar-refractivity contribution in [2.45, 2.75) is 39.0 Å².